The molecule has 0 unspecified atom stereocenters. The molecule has 2 aliphatic rings. The zero-order valence-electron chi connectivity index (χ0n) is 31.4. The highest BCUT2D eigenvalue weighted by Gasteiger charge is 2.41. The monoisotopic (exact) mass is 684 g/mol. The lowest BCUT2D eigenvalue weighted by atomic mass is 9.94. The summed E-state index contributed by atoms with van der Waals surface area (Å²) in [6.45, 7) is 22.3. The molecule has 278 valence electrons. The van der Waals surface area contributed by atoms with Crippen molar-refractivity contribution in [1.82, 2.24) is 20.4 Å². The molecule has 13 nitrogen and oxygen atoms in total. The van der Waals surface area contributed by atoms with Gasteiger partial charge in [-0.1, -0.05) is 6.58 Å². The predicted octanol–water partition coefficient (Wildman–Crippen LogP) is 2.72. The van der Waals surface area contributed by atoms with Gasteiger partial charge in [-0.15, -0.1) is 0 Å². The molecular formula is C35H64N4O9. The van der Waals surface area contributed by atoms with Crippen molar-refractivity contribution in [3.63, 3.8) is 0 Å². The van der Waals surface area contributed by atoms with E-state index in [2.05, 4.69) is 22.1 Å². The molecule has 2 N–H and O–H groups in total. The van der Waals surface area contributed by atoms with E-state index in [1.54, 1.807) is 7.11 Å². The third-order valence-electron chi connectivity index (χ3n) is 6.87. The molecule has 1 fully saturated rings. The average molecular weight is 685 g/mol. The van der Waals surface area contributed by atoms with Gasteiger partial charge in [0.05, 0.1) is 23.6 Å². The van der Waals surface area contributed by atoms with Crippen molar-refractivity contribution in [3.05, 3.63) is 24.5 Å². The lowest BCUT2D eigenvalue weighted by molar-refractivity contribution is -0.143. The second kappa shape index (κ2) is 24.3. The molecule has 0 saturated carbocycles. The minimum absolute atomic E-state index is 0.106. The van der Waals surface area contributed by atoms with E-state index in [-0.39, 0.29) is 53.8 Å². The summed E-state index contributed by atoms with van der Waals surface area (Å²) in [7, 11) is 7.55. The fourth-order valence-corrected chi connectivity index (χ4v) is 4.24. The molecule has 0 atom stereocenters. The highest BCUT2D eigenvalue weighted by Crippen LogP contribution is 2.22. The molecule has 1 saturated heterocycles. The summed E-state index contributed by atoms with van der Waals surface area (Å²) >= 11 is 0. The maximum absolute atomic E-state index is 10.8. The summed E-state index contributed by atoms with van der Waals surface area (Å²) in [6.07, 6.45) is 7.12. The quantitative estimate of drug-likeness (QED) is 0.117. The van der Waals surface area contributed by atoms with Crippen LogP contribution in [0.5, 0.6) is 0 Å². The Labute approximate surface area is 289 Å². The first kappa shape index (κ1) is 47.3. The number of methoxy groups -OCH3 is 1. The first-order chi connectivity index (χ1) is 22.3. The van der Waals surface area contributed by atoms with Crippen LogP contribution < -0.4 is 10.6 Å². The first-order valence-corrected chi connectivity index (χ1v) is 16.3. The van der Waals surface area contributed by atoms with Crippen LogP contribution in [0.3, 0.4) is 0 Å². The van der Waals surface area contributed by atoms with E-state index in [1.807, 2.05) is 69.6 Å². The van der Waals surface area contributed by atoms with E-state index in [1.165, 1.54) is 12.2 Å². The van der Waals surface area contributed by atoms with Crippen molar-refractivity contribution in [3.8, 4) is 0 Å². The van der Waals surface area contributed by atoms with Crippen LogP contribution in [0.15, 0.2) is 24.5 Å². The Morgan fingerprint density at radius 2 is 1.52 bits per heavy atom. The first-order valence-electron chi connectivity index (χ1n) is 16.3. The van der Waals surface area contributed by atoms with E-state index in [4.69, 9.17) is 18.9 Å². The number of ether oxygens (including phenoxy) is 4. The van der Waals surface area contributed by atoms with Crippen LogP contribution in [0, 0.1) is 0 Å². The van der Waals surface area contributed by atoms with E-state index in [9.17, 15) is 24.0 Å². The molecule has 0 spiro atoms. The number of likely N-dealkylation sites (tertiary alicyclic amines) is 1. The zero-order valence-corrected chi connectivity index (χ0v) is 31.4. The van der Waals surface area contributed by atoms with E-state index < -0.39 is 0 Å². The van der Waals surface area contributed by atoms with Gasteiger partial charge in [-0.3, -0.25) is 14.5 Å². The van der Waals surface area contributed by atoms with Gasteiger partial charge in [0, 0.05) is 71.2 Å². The average Bonchev–Trinajstić information content (AvgIpc) is 3.29. The number of carbonyl (C=O) groups is 5. The number of nitrogens with one attached hydrogen (secondary N) is 2. The molecule has 2 rings (SSSR count). The number of imide groups is 1. The maximum Gasteiger partial charge on any atom is 0.253 e. The lowest BCUT2D eigenvalue weighted by Crippen LogP contribution is -2.65. The number of carbonyl (C=O) groups excluding carboxylic acids is 5. The summed E-state index contributed by atoms with van der Waals surface area (Å²) in [6, 6.07) is 0. The van der Waals surface area contributed by atoms with E-state index >= 15 is 0 Å². The largest absolute Gasteiger partial charge is 0.493 e. The lowest BCUT2D eigenvalue weighted by Gasteiger charge is -2.47. The van der Waals surface area contributed by atoms with Crippen LogP contribution in [-0.2, 0) is 42.9 Å². The Balaban J connectivity index is 0. The number of aldehydes is 3. The number of rotatable bonds is 19. The van der Waals surface area contributed by atoms with Crippen LogP contribution in [0.2, 0.25) is 0 Å². The van der Waals surface area contributed by atoms with Crippen LogP contribution in [0.4, 0.5) is 0 Å². The van der Waals surface area contributed by atoms with Crippen molar-refractivity contribution in [1.29, 1.82) is 0 Å². The zero-order chi connectivity index (χ0) is 37.4. The molecule has 13 heteroatoms. The number of nitrogens with zero attached hydrogens (tertiary/aromatic N) is 2. The molecule has 2 heterocycles. The molecule has 0 aromatic heterocycles. The van der Waals surface area contributed by atoms with Crippen molar-refractivity contribution >= 4 is 30.7 Å². The summed E-state index contributed by atoms with van der Waals surface area (Å²) in [5, 5.41) is 6.12. The third-order valence-corrected chi connectivity index (χ3v) is 6.87. The Bertz CT molecular complexity index is 977. The maximum atomic E-state index is 10.8. The van der Waals surface area contributed by atoms with Crippen molar-refractivity contribution < 1.29 is 42.9 Å². The van der Waals surface area contributed by atoms with Crippen molar-refractivity contribution in [2.45, 2.75) is 96.6 Å². The Morgan fingerprint density at radius 3 is 1.94 bits per heavy atom. The predicted molar refractivity (Wildman–Crippen MR) is 188 cm³/mol. The number of amides is 2. The third kappa shape index (κ3) is 23.5. The standard InChI is InChI=1S/C11H22O3.C9H19NO.C8H16N2O2.C7H7NO3/c1-10(2,13-5)7-9-14-11(3,4)6-8-12;1-8(6-7-10-5)11-9(2,3)4;1-9-5-8(12-4-3-11)6-10(2)7-8;9-5-1-4-8-6(10)2-3-7(8)11/h8H,6-7,9H2,1-5H3;10H,1,6-7H2,2-5H3;3,9H,4-7H2,1-2H3;2-3,5H,1,4H2. The van der Waals surface area contributed by atoms with Crippen molar-refractivity contribution in [2.24, 2.45) is 0 Å². The molecular weight excluding hydrogens is 620 g/mol. The van der Waals surface area contributed by atoms with Crippen LogP contribution in [-0.4, -0.2) is 137 Å². The smallest absolute Gasteiger partial charge is 0.253 e. The van der Waals surface area contributed by atoms with Crippen molar-refractivity contribution in [2.75, 3.05) is 74.2 Å². The summed E-state index contributed by atoms with van der Waals surface area (Å²) in [4.78, 5) is 55.1. The summed E-state index contributed by atoms with van der Waals surface area (Å²) in [5.74, 6) is 0.181. The van der Waals surface area contributed by atoms with E-state index in [0.717, 1.165) is 62.3 Å². The van der Waals surface area contributed by atoms with Gasteiger partial charge in [0.1, 0.15) is 36.7 Å². The number of likely N-dealkylation sites (N-methyl/N-ethyl adjacent to an activating group) is 2. The van der Waals surface area contributed by atoms with Gasteiger partial charge in [-0.2, -0.15) is 0 Å². The fraction of sp³-hybridized carbons (Fsp3) is 0.743. The second-order valence-corrected chi connectivity index (χ2v) is 13.8. The summed E-state index contributed by atoms with van der Waals surface area (Å²) < 4.78 is 21.8. The number of hydrogen-bond acceptors (Lipinski definition) is 12. The van der Waals surface area contributed by atoms with Crippen LogP contribution >= 0.6 is 0 Å². The van der Waals surface area contributed by atoms with Gasteiger partial charge in [-0.25, -0.2) is 0 Å². The normalized spacial score (nSPS) is 15.5. The van der Waals surface area contributed by atoms with Crippen LogP contribution in [0.25, 0.3) is 0 Å². The molecule has 0 aromatic carbocycles. The Morgan fingerprint density at radius 1 is 0.938 bits per heavy atom. The van der Waals surface area contributed by atoms with Gasteiger partial charge in [0.25, 0.3) is 11.8 Å². The van der Waals surface area contributed by atoms with Crippen LogP contribution in [0.1, 0.15) is 74.1 Å². The highest BCUT2D eigenvalue weighted by molar-refractivity contribution is 6.12. The molecule has 0 aromatic rings. The molecule has 0 radical (unpaired) electrons. The second-order valence-electron chi connectivity index (χ2n) is 13.8. The molecule has 0 aliphatic carbocycles. The van der Waals surface area contributed by atoms with Gasteiger partial charge in [0.2, 0.25) is 0 Å². The van der Waals surface area contributed by atoms with Gasteiger partial charge >= 0.3 is 0 Å². The highest BCUT2D eigenvalue weighted by atomic mass is 16.5. The van der Waals surface area contributed by atoms with Gasteiger partial charge in [0.15, 0.2) is 0 Å². The molecule has 48 heavy (non-hydrogen) atoms. The molecule has 2 aliphatic heterocycles. The minimum Gasteiger partial charge on any atom is -0.493 e. The number of hydrogen-bond donors (Lipinski definition) is 2. The minimum atomic E-state index is -0.356. The summed E-state index contributed by atoms with van der Waals surface area (Å²) in [5.41, 5.74) is -0.738. The SMILES string of the molecule is C=C(CCNC)OC(C)(C)C.CNCC1(OCC=O)CN(C)C1.COC(C)(C)CCOC(C)(C)CC=O.O=CCCN1C(=O)C=CC1=O. The Hall–Kier alpha value is -2.81. The van der Waals surface area contributed by atoms with E-state index in [0.29, 0.717) is 19.3 Å². The fourth-order valence-electron chi connectivity index (χ4n) is 4.24. The van der Waals surface area contributed by atoms with Gasteiger partial charge < -0.3 is 48.9 Å². The van der Waals surface area contributed by atoms with Gasteiger partial charge in [-0.05, 0) is 76.0 Å². The Kier molecular flexibility index (Phi) is 24.0. The molecule has 2 amide bonds. The molecule has 0 bridgehead atoms. The topological polar surface area (TPSA) is 153 Å².